The largest absolute Gasteiger partial charge is 0.311 e. The van der Waals surface area contributed by atoms with Gasteiger partial charge in [0.25, 0.3) is 5.91 Å². The Morgan fingerprint density at radius 1 is 1.40 bits per heavy atom. The van der Waals surface area contributed by atoms with E-state index in [0.29, 0.717) is 11.3 Å². The molecule has 1 aliphatic heterocycles. The highest BCUT2D eigenvalue weighted by molar-refractivity contribution is 6.32. The molecular weight excluding hydrogens is 196 g/mol. The Bertz CT molecular complexity index is 479. The van der Waals surface area contributed by atoms with Crippen molar-refractivity contribution >= 4 is 17.2 Å². The molecule has 15 heavy (non-hydrogen) atoms. The highest BCUT2D eigenvalue weighted by Gasteiger charge is 2.31. The minimum Gasteiger partial charge on any atom is -0.311 e. The first-order valence-electron chi connectivity index (χ1n) is 4.34. The zero-order valence-corrected chi connectivity index (χ0v) is 8.01. The van der Waals surface area contributed by atoms with Gasteiger partial charge in [-0.3, -0.25) is 14.9 Å². The standard InChI is InChI=1S/C10H8N2O3/c1-11-9-5-3-2-4-7(9)8(10(11)13)6-12(14)15/h2-6H,1H3. The molecule has 1 amide bonds. The average Bonchev–Trinajstić information content (AvgIpc) is 2.44. The zero-order chi connectivity index (χ0) is 11.0. The number of benzene rings is 1. The predicted octanol–water partition coefficient (Wildman–Crippen LogP) is 1.28. The second-order valence-corrected chi connectivity index (χ2v) is 3.21. The topological polar surface area (TPSA) is 63.5 Å². The van der Waals surface area contributed by atoms with Crippen LogP contribution in [0.25, 0.3) is 5.57 Å². The monoisotopic (exact) mass is 204 g/mol. The highest BCUT2D eigenvalue weighted by atomic mass is 16.6. The molecule has 0 bridgehead atoms. The van der Waals surface area contributed by atoms with Crippen LogP contribution in [0.2, 0.25) is 0 Å². The molecule has 0 unspecified atom stereocenters. The lowest BCUT2D eigenvalue weighted by Gasteiger charge is -2.07. The lowest BCUT2D eigenvalue weighted by Crippen LogP contribution is -2.20. The maximum Gasteiger partial charge on any atom is 0.265 e. The summed E-state index contributed by atoms with van der Waals surface area (Å²) in [6.45, 7) is 0. The minimum absolute atomic E-state index is 0.137. The van der Waals surface area contributed by atoms with E-state index < -0.39 is 4.92 Å². The van der Waals surface area contributed by atoms with E-state index in [0.717, 1.165) is 6.20 Å². The summed E-state index contributed by atoms with van der Waals surface area (Å²) in [7, 11) is 1.60. The van der Waals surface area contributed by atoms with Gasteiger partial charge in [-0.05, 0) is 6.07 Å². The van der Waals surface area contributed by atoms with Gasteiger partial charge >= 0.3 is 0 Å². The Morgan fingerprint density at radius 3 is 2.73 bits per heavy atom. The molecule has 76 valence electrons. The van der Waals surface area contributed by atoms with Crippen LogP contribution < -0.4 is 4.90 Å². The van der Waals surface area contributed by atoms with Gasteiger partial charge in [-0.1, -0.05) is 18.2 Å². The minimum atomic E-state index is -0.608. The van der Waals surface area contributed by atoms with E-state index in [-0.39, 0.29) is 11.5 Å². The first-order valence-corrected chi connectivity index (χ1v) is 4.34. The van der Waals surface area contributed by atoms with Crippen molar-refractivity contribution in [3.05, 3.63) is 46.1 Å². The van der Waals surface area contributed by atoms with Crippen LogP contribution in [-0.2, 0) is 4.79 Å². The highest BCUT2D eigenvalue weighted by Crippen LogP contribution is 2.34. The summed E-state index contributed by atoms with van der Waals surface area (Å²) in [5, 5.41) is 10.4. The van der Waals surface area contributed by atoms with Gasteiger partial charge in [0.2, 0.25) is 6.20 Å². The average molecular weight is 204 g/mol. The lowest BCUT2D eigenvalue weighted by atomic mass is 10.1. The van der Waals surface area contributed by atoms with Crippen molar-refractivity contribution in [3.63, 3.8) is 0 Å². The molecule has 5 nitrogen and oxygen atoms in total. The Labute approximate surface area is 85.8 Å². The number of nitrogens with zero attached hydrogens (tertiary/aromatic N) is 2. The number of anilines is 1. The van der Waals surface area contributed by atoms with Crippen molar-refractivity contribution in [2.45, 2.75) is 0 Å². The summed E-state index contributed by atoms with van der Waals surface area (Å²) < 4.78 is 0. The maximum absolute atomic E-state index is 11.7. The van der Waals surface area contributed by atoms with Gasteiger partial charge in [0.1, 0.15) is 5.57 Å². The maximum atomic E-state index is 11.7. The number of rotatable bonds is 1. The van der Waals surface area contributed by atoms with Crippen LogP contribution in [0.15, 0.2) is 30.5 Å². The third kappa shape index (κ3) is 1.38. The van der Waals surface area contributed by atoms with Gasteiger partial charge in [0.05, 0.1) is 10.6 Å². The molecule has 1 aliphatic rings. The van der Waals surface area contributed by atoms with Crippen molar-refractivity contribution in [1.82, 2.24) is 0 Å². The van der Waals surface area contributed by atoms with Gasteiger partial charge in [-0.15, -0.1) is 0 Å². The third-order valence-corrected chi connectivity index (χ3v) is 2.33. The molecule has 1 aromatic rings. The molecule has 0 N–H and O–H groups in total. The van der Waals surface area contributed by atoms with Crippen molar-refractivity contribution in [3.8, 4) is 0 Å². The van der Waals surface area contributed by atoms with Crippen molar-refractivity contribution < 1.29 is 9.72 Å². The number of likely N-dealkylation sites (N-methyl/N-ethyl adjacent to an activating group) is 1. The summed E-state index contributed by atoms with van der Waals surface area (Å²) in [5.74, 6) is -0.340. The molecule has 0 radical (unpaired) electrons. The van der Waals surface area contributed by atoms with Gasteiger partial charge < -0.3 is 4.90 Å². The summed E-state index contributed by atoms with van der Waals surface area (Å²) >= 11 is 0. The van der Waals surface area contributed by atoms with Crippen LogP contribution in [0.4, 0.5) is 5.69 Å². The molecule has 5 heteroatoms. The van der Waals surface area contributed by atoms with Gasteiger partial charge in [0, 0.05) is 12.6 Å². The fraction of sp³-hybridized carbons (Fsp3) is 0.100. The number of carbonyl (C=O) groups is 1. The van der Waals surface area contributed by atoms with Crippen LogP contribution in [0, 0.1) is 10.1 Å². The van der Waals surface area contributed by atoms with Crippen LogP contribution in [-0.4, -0.2) is 17.9 Å². The van der Waals surface area contributed by atoms with E-state index in [1.54, 1.807) is 31.3 Å². The van der Waals surface area contributed by atoms with E-state index in [1.165, 1.54) is 4.90 Å². The molecule has 2 rings (SSSR count). The fourth-order valence-corrected chi connectivity index (χ4v) is 1.63. The Balaban J connectivity index is 2.61. The smallest absolute Gasteiger partial charge is 0.265 e. The first kappa shape index (κ1) is 9.39. The summed E-state index contributed by atoms with van der Waals surface area (Å²) in [5.41, 5.74) is 1.45. The predicted molar refractivity (Wildman–Crippen MR) is 54.8 cm³/mol. The van der Waals surface area contributed by atoms with E-state index in [9.17, 15) is 14.9 Å². The first-order chi connectivity index (χ1) is 7.11. The summed E-state index contributed by atoms with van der Waals surface area (Å²) in [6.07, 6.45) is 0.755. The van der Waals surface area contributed by atoms with Crippen LogP contribution >= 0.6 is 0 Å². The summed E-state index contributed by atoms with van der Waals surface area (Å²) in [6, 6.07) is 7.00. The second kappa shape index (κ2) is 3.20. The number of carbonyl (C=O) groups excluding carboxylic acids is 1. The Kier molecular flexibility index (Phi) is 2.00. The SMILES string of the molecule is CN1C(=O)C(=C[N+](=O)[O-])c2ccccc21. The van der Waals surface area contributed by atoms with E-state index in [4.69, 9.17) is 0 Å². The van der Waals surface area contributed by atoms with E-state index in [1.807, 2.05) is 0 Å². The van der Waals surface area contributed by atoms with Crippen LogP contribution in [0.1, 0.15) is 5.56 Å². The molecule has 0 spiro atoms. The number of para-hydroxylation sites is 1. The number of hydrogen-bond donors (Lipinski definition) is 0. The van der Waals surface area contributed by atoms with Crippen molar-refractivity contribution in [1.29, 1.82) is 0 Å². The molecular formula is C10H8N2O3. The normalized spacial score (nSPS) is 17.0. The quantitative estimate of drug-likeness (QED) is 0.393. The molecule has 0 saturated carbocycles. The van der Waals surface area contributed by atoms with Crippen LogP contribution in [0.5, 0.6) is 0 Å². The van der Waals surface area contributed by atoms with Crippen molar-refractivity contribution in [2.24, 2.45) is 0 Å². The number of nitro groups is 1. The molecule has 0 aromatic heterocycles. The van der Waals surface area contributed by atoms with E-state index in [2.05, 4.69) is 0 Å². The Hall–Kier alpha value is -2.17. The van der Waals surface area contributed by atoms with Gasteiger partial charge in [0.15, 0.2) is 0 Å². The number of amides is 1. The fourth-order valence-electron chi connectivity index (χ4n) is 1.63. The molecule has 1 aromatic carbocycles. The zero-order valence-electron chi connectivity index (χ0n) is 8.01. The second-order valence-electron chi connectivity index (χ2n) is 3.21. The van der Waals surface area contributed by atoms with E-state index >= 15 is 0 Å². The Morgan fingerprint density at radius 2 is 2.07 bits per heavy atom. The van der Waals surface area contributed by atoms with Crippen molar-refractivity contribution in [2.75, 3.05) is 11.9 Å². The third-order valence-electron chi connectivity index (χ3n) is 2.33. The molecule has 0 saturated heterocycles. The molecule has 0 aliphatic carbocycles. The van der Waals surface area contributed by atoms with Crippen LogP contribution in [0.3, 0.4) is 0 Å². The number of hydrogen-bond acceptors (Lipinski definition) is 3. The van der Waals surface area contributed by atoms with Gasteiger partial charge in [-0.25, -0.2) is 0 Å². The number of fused-ring (bicyclic) bond motifs is 1. The molecule has 1 heterocycles. The van der Waals surface area contributed by atoms with Gasteiger partial charge in [-0.2, -0.15) is 0 Å². The molecule has 0 fully saturated rings. The molecule has 0 atom stereocenters. The summed E-state index contributed by atoms with van der Waals surface area (Å²) in [4.78, 5) is 22.8. The lowest BCUT2D eigenvalue weighted by molar-refractivity contribution is -0.401.